The van der Waals surface area contributed by atoms with Crippen molar-refractivity contribution in [3.8, 4) is 5.75 Å². The van der Waals surface area contributed by atoms with Crippen LogP contribution in [-0.4, -0.2) is 16.9 Å². The highest BCUT2D eigenvalue weighted by Gasteiger charge is 2.19. The summed E-state index contributed by atoms with van der Waals surface area (Å²) in [6.45, 7) is 7.23. The second-order valence-corrected chi connectivity index (χ2v) is 5.56. The maximum Gasteiger partial charge on any atom is 0.161 e. The lowest BCUT2D eigenvalue weighted by Crippen LogP contribution is -2.20. The Bertz CT molecular complexity index is 604. The third kappa shape index (κ3) is 3.45. The zero-order valence-corrected chi connectivity index (χ0v) is 13.4. The van der Waals surface area contributed by atoms with Crippen molar-refractivity contribution in [3.05, 3.63) is 46.8 Å². The van der Waals surface area contributed by atoms with Crippen molar-refractivity contribution in [2.45, 2.75) is 46.2 Å². The van der Waals surface area contributed by atoms with Crippen LogP contribution in [0.5, 0.6) is 5.75 Å². The first-order valence-corrected chi connectivity index (χ1v) is 7.48. The van der Waals surface area contributed by atoms with Gasteiger partial charge in [-0.3, -0.25) is 4.68 Å². The molecule has 0 fully saturated rings. The molecule has 0 aliphatic rings. The average molecular weight is 287 g/mol. The van der Waals surface area contributed by atoms with Crippen LogP contribution in [0.2, 0.25) is 0 Å². The van der Waals surface area contributed by atoms with Crippen LogP contribution in [0.25, 0.3) is 0 Å². The van der Waals surface area contributed by atoms with Gasteiger partial charge < -0.3 is 10.5 Å². The smallest absolute Gasteiger partial charge is 0.161 e. The molecule has 0 aliphatic heterocycles. The number of nitrogens with zero attached hydrogens (tertiary/aromatic N) is 2. The SMILES string of the molecule is CCCn1ncc(OC)c1C(N)Cc1cc(C)ccc1C. The number of methoxy groups -OCH3 is 1. The van der Waals surface area contributed by atoms with Gasteiger partial charge in [-0.1, -0.05) is 30.7 Å². The summed E-state index contributed by atoms with van der Waals surface area (Å²) in [5.41, 5.74) is 11.3. The van der Waals surface area contributed by atoms with Crippen LogP contribution in [0.1, 0.15) is 41.8 Å². The average Bonchev–Trinajstić information content (AvgIpc) is 2.86. The molecule has 1 unspecified atom stereocenters. The van der Waals surface area contributed by atoms with E-state index in [2.05, 4.69) is 44.1 Å². The normalized spacial score (nSPS) is 12.4. The molecular weight excluding hydrogens is 262 g/mol. The molecule has 4 nitrogen and oxygen atoms in total. The van der Waals surface area contributed by atoms with Gasteiger partial charge in [0.15, 0.2) is 5.75 Å². The molecule has 0 aliphatic carbocycles. The van der Waals surface area contributed by atoms with Crippen LogP contribution >= 0.6 is 0 Å². The van der Waals surface area contributed by atoms with Crippen LogP contribution in [0.3, 0.4) is 0 Å². The molecule has 1 atom stereocenters. The molecular formula is C17H25N3O. The Morgan fingerprint density at radius 3 is 2.76 bits per heavy atom. The molecule has 2 N–H and O–H groups in total. The predicted octanol–water partition coefficient (Wildman–Crippen LogP) is 3.16. The minimum Gasteiger partial charge on any atom is -0.493 e. The molecule has 1 aromatic carbocycles. The van der Waals surface area contributed by atoms with Gasteiger partial charge in [0, 0.05) is 6.54 Å². The van der Waals surface area contributed by atoms with E-state index in [-0.39, 0.29) is 6.04 Å². The highest BCUT2D eigenvalue weighted by molar-refractivity contribution is 5.34. The summed E-state index contributed by atoms with van der Waals surface area (Å²) in [5, 5.41) is 4.39. The minimum absolute atomic E-state index is 0.116. The van der Waals surface area contributed by atoms with Crippen LogP contribution in [-0.2, 0) is 13.0 Å². The van der Waals surface area contributed by atoms with E-state index < -0.39 is 0 Å². The third-order valence-corrected chi connectivity index (χ3v) is 3.80. The Kier molecular flexibility index (Phi) is 5.02. The lowest BCUT2D eigenvalue weighted by Gasteiger charge is -2.17. The summed E-state index contributed by atoms with van der Waals surface area (Å²) in [5.74, 6) is 0.779. The van der Waals surface area contributed by atoms with Crippen LogP contribution in [0.15, 0.2) is 24.4 Å². The standard InChI is InChI=1S/C17H25N3O/c1-5-8-20-17(16(21-4)11-19-20)15(18)10-14-9-12(2)6-7-13(14)3/h6-7,9,11,15H,5,8,10,18H2,1-4H3. The highest BCUT2D eigenvalue weighted by Crippen LogP contribution is 2.27. The number of aromatic nitrogens is 2. The van der Waals surface area contributed by atoms with Gasteiger partial charge in [0.25, 0.3) is 0 Å². The quantitative estimate of drug-likeness (QED) is 0.888. The van der Waals surface area contributed by atoms with Gasteiger partial charge in [-0.15, -0.1) is 0 Å². The molecule has 0 bridgehead atoms. The first-order chi connectivity index (χ1) is 10.1. The number of benzene rings is 1. The molecule has 21 heavy (non-hydrogen) atoms. The Morgan fingerprint density at radius 2 is 2.10 bits per heavy atom. The van der Waals surface area contributed by atoms with Gasteiger partial charge >= 0.3 is 0 Å². The van der Waals surface area contributed by atoms with Gasteiger partial charge in [0.1, 0.15) is 0 Å². The van der Waals surface area contributed by atoms with E-state index in [1.807, 2.05) is 4.68 Å². The Labute approximate surface area is 126 Å². The van der Waals surface area contributed by atoms with Crippen molar-refractivity contribution >= 4 is 0 Å². The monoisotopic (exact) mass is 287 g/mol. The van der Waals surface area contributed by atoms with Crippen molar-refractivity contribution in [2.24, 2.45) is 5.73 Å². The van der Waals surface area contributed by atoms with Crippen molar-refractivity contribution in [1.82, 2.24) is 9.78 Å². The molecule has 0 amide bonds. The molecule has 0 spiro atoms. The Hall–Kier alpha value is -1.81. The van der Waals surface area contributed by atoms with E-state index in [4.69, 9.17) is 10.5 Å². The maximum atomic E-state index is 6.46. The second-order valence-electron chi connectivity index (χ2n) is 5.56. The lowest BCUT2D eigenvalue weighted by molar-refractivity contribution is 0.400. The van der Waals surface area contributed by atoms with Crippen LogP contribution in [0, 0.1) is 13.8 Å². The number of hydrogen-bond acceptors (Lipinski definition) is 3. The van der Waals surface area contributed by atoms with Gasteiger partial charge in [-0.25, -0.2) is 0 Å². The highest BCUT2D eigenvalue weighted by atomic mass is 16.5. The topological polar surface area (TPSA) is 53.1 Å². The van der Waals surface area contributed by atoms with Gasteiger partial charge in [0.05, 0.1) is 25.0 Å². The maximum absolute atomic E-state index is 6.46. The largest absolute Gasteiger partial charge is 0.493 e. The third-order valence-electron chi connectivity index (χ3n) is 3.80. The Morgan fingerprint density at radius 1 is 1.33 bits per heavy atom. The zero-order chi connectivity index (χ0) is 15.4. The van der Waals surface area contributed by atoms with Crippen molar-refractivity contribution < 1.29 is 4.74 Å². The number of rotatable bonds is 6. The number of ether oxygens (including phenoxy) is 1. The van der Waals surface area contributed by atoms with Crippen molar-refractivity contribution in [3.63, 3.8) is 0 Å². The fourth-order valence-corrected chi connectivity index (χ4v) is 2.65. The molecule has 0 radical (unpaired) electrons. The molecule has 114 valence electrons. The van der Waals surface area contributed by atoms with Crippen LogP contribution in [0.4, 0.5) is 0 Å². The Balaban J connectivity index is 2.29. The molecule has 2 rings (SSSR count). The first-order valence-electron chi connectivity index (χ1n) is 7.48. The number of aryl methyl sites for hydroxylation is 3. The lowest BCUT2D eigenvalue weighted by atomic mass is 9.97. The molecule has 0 saturated heterocycles. The number of nitrogens with two attached hydrogens (primary N) is 1. The van der Waals surface area contributed by atoms with Crippen molar-refractivity contribution in [1.29, 1.82) is 0 Å². The van der Waals surface area contributed by atoms with E-state index >= 15 is 0 Å². The summed E-state index contributed by atoms with van der Waals surface area (Å²) in [7, 11) is 1.67. The second kappa shape index (κ2) is 6.76. The molecule has 0 saturated carbocycles. The van der Waals surface area contributed by atoms with Gasteiger partial charge in [-0.05, 0) is 37.8 Å². The van der Waals surface area contributed by atoms with Gasteiger partial charge in [-0.2, -0.15) is 5.10 Å². The van der Waals surface area contributed by atoms with Crippen LogP contribution < -0.4 is 10.5 Å². The minimum atomic E-state index is -0.116. The molecule has 4 heteroatoms. The summed E-state index contributed by atoms with van der Waals surface area (Å²) in [6, 6.07) is 6.38. The van der Waals surface area contributed by atoms with E-state index in [0.29, 0.717) is 0 Å². The first kappa shape index (κ1) is 15.6. The summed E-state index contributed by atoms with van der Waals surface area (Å²) in [4.78, 5) is 0. The fourth-order valence-electron chi connectivity index (χ4n) is 2.65. The van der Waals surface area contributed by atoms with Crippen molar-refractivity contribution in [2.75, 3.05) is 7.11 Å². The van der Waals surface area contributed by atoms with E-state index in [9.17, 15) is 0 Å². The fraction of sp³-hybridized carbons (Fsp3) is 0.471. The van der Waals surface area contributed by atoms with E-state index in [1.165, 1.54) is 16.7 Å². The summed E-state index contributed by atoms with van der Waals surface area (Å²) in [6.07, 6.45) is 3.57. The van der Waals surface area contributed by atoms with E-state index in [1.54, 1.807) is 13.3 Å². The predicted molar refractivity (Wildman–Crippen MR) is 85.6 cm³/mol. The number of hydrogen-bond donors (Lipinski definition) is 1. The summed E-state index contributed by atoms with van der Waals surface area (Å²) < 4.78 is 7.39. The van der Waals surface area contributed by atoms with Gasteiger partial charge in [0.2, 0.25) is 0 Å². The molecule has 1 heterocycles. The zero-order valence-electron chi connectivity index (χ0n) is 13.4. The van der Waals surface area contributed by atoms with E-state index in [0.717, 1.165) is 30.8 Å². The molecule has 2 aromatic rings. The summed E-state index contributed by atoms with van der Waals surface area (Å²) >= 11 is 0. The molecule has 1 aromatic heterocycles.